The minimum atomic E-state index is -0.138. The molecule has 78 valence electrons. The highest BCUT2D eigenvalue weighted by Crippen LogP contribution is 2.25. The molecule has 14 heavy (non-hydrogen) atoms. The summed E-state index contributed by atoms with van der Waals surface area (Å²) in [7, 11) is 0. The molecule has 0 bridgehead atoms. The number of ketones is 1. The van der Waals surface area contributed by atoms with Crippen molar-refractivity contribution in [1.82, 2.24) is 4.90 Å². The first-order valence-corrected chi connectivity index (χ1v) is 5.41. The van der Waals surface area contributed by atoms with E-state index in [1.165, 1.54) is 18.5 Å². The van der Waals surface area contributed by atoms with Crippen LogP contribution in [0.15, 0.2) is 11.8 Å². The quantitative estimate of drug-likeness (QED) is 0.713. The van der Waals surface area contributed by atoms with Crippen LogP contribution in [0.4, 0.5) is 0 Å². The lowest BCUT2D eigenvalue weighted by Crippen LogP contribution is -2.27. The van der Waals surface area contributed by atoms with Crippen LogP contribution in [-0.4, -0.2) is 35.5 Å². The Hall–Kier alpha value is -0.830. The van der Waals surface area contributed by atoms with E-state index in [1.807, 2.05) is 0 Å². The molecule has 2 aliphatic rings. The van der Waals surface area contributed by atoms with Gasteiger partial charge in [-0.25, -0.2) is 0 Å². The summed E-state index contributed by atoms with van der Waals surface area (Å²) in [6.45, 7) is 2.20. The Balaban J connectivity index is 2.03. The zero-order valence-corrected chi connectivity index (χ0v) is 8.41. The molecule has 1 saturated heterocycles. The molecule has 1 fully saturated rings. The number of carbonyl (C=O) groups is 1. The normalized spacial score (nSPS) is 28.1. The van der Waals surface area contributed by atoms with Crippen LogP contribution in [0, 0.1) is 5.92 Å². The first-order chi connectivity index (χ1) is 6.81. The van der Waals surface area contributed by atoms with Crippen molar-refractivity contribution in [2.45, 2.75) is 25.7 Å². The first kappa shape index (κ1) is 9.71. The fourth-order valence-electron chi connectivity index (χ4n) is 2.25. The van der Waals surface area contributed by atoms with Crippen LogP contribution in [0.2, 0.25) is 0 Å². The molecular weight excluding hydrogens is 178 g/mol. The van der Waals surface area contributed by atoms with Gasteiger partial charge in [-0.15, -0.1) is 0 Å². The largest absolute Gasteiger partial charge is 0.396 e. The third-order valence-corrected chi connectivity index (χ3v) is 3.19. The molecule has 0 aromatic rings. The van der Waals surface area contributed by atoms with Crippen molar-refractivity contribution in [1.29, 1.82) is 0 Å². The number of hydrogen-bond acceptors (Lipinski definition) is 3. The van der Waals surface area contributed by atoms with Crippen LogP contribution >= 0.6 is 0 Å². The van der Waals surface area contributed by atoms with Crippen LogP contribution < -0.4 is 0 Å². The Morgan fingerprint density at radius 2 is 2.14 bits per heavy atom. The van der Waals surface area contributed by atoms with Gasteiger partial charge < -0.3 is 10.0 Å². The first-order valence-electron chi connectivity index (χ1n) is 5.41. The van der Waals surface area contributed by atoms with Gasteiger partial charge in [-0.2, -0.15) is 0 Å². The van der Waals surface area contributed by atoms with Crippen molar-refractivity contribution >= 4 is 5.78 Å². The summed E-state index contributed by atoms with van der Waals surface area (Å²) in [4.78, 5) is 13.8. The smallest absolute Gasteiger partial charge is 0.162 e. The molecule has 1 heterocycles. The van der Waals surface area contributed by atoms with Crippen LogP contribution in [0.3, 0.4) is 0 Å². The van der Waals surface area contributed by atoms with E-state index < -0.39 is 0 Å². The predicted octanol–water partition coefficient (Wildman–Crippen LogP) is 0.937. The van der Waals surface area contributed by atoms with Gasteiger partial charge in [0, 0.05) is 30.8 Å². The molecular formula is C11H17NO2. The number of nitrogens with zero attached hydrogens (tertiary/aromatic N) is 1. The third kappa shape index (κ3) is 1.82. The van der Waals surface area contributed by atoms with Gasteiger partial charge in [0.25, 0.3) is 0 Å². The summed E-state index contributed by atoms with van der Waals surface area (Å²) < 4.78 is 0. The predicted molar refractivity (Wildman–Crippen MR) is 53.7 cm³/mol. The summed E-state index contributed by atoms with van der Waals surface area (Å²) in [5.74, 6) is -0.0259. The summed E-state index contributed by atoms with van der Waals surface area (Å²) in [6.07, 6.45) is 6.01. The highest BCUT2D eigenvalue weighted by atomic mass is 16.3. The zero-order chi connectivity index (χ0) is 9.97. The Morgan fingerprint density at radius 3 is 2.71 bits per heavy atom. The van der Waals surface area contributed by atoms with Crippen LogP contribution in [-0.2, 0) is 4.79 Å². The topological polar surface area (TPSA) is 40.5 Å². The summed E-state index contributed by atoms with van der Waals surface area (Å²) >= 11 is 0. The third-order valence-electron chi connectivity index (χ3n) is 3.19. The van der Waals surface area contributed by atoms with Crippen molar-refractivity contribution in [3.8, 4) is 0 Å². The fourth-order valence-corrected chi connectivity index (χ4v) is 2.25. The van der Waals surface area contributed by atoms with Crippen molar-refractivity contribution in [3.05, 3.63) is 11.8 Å². The summed E-state index contributed by atoms with van der Waals surface area (Å²) in [6, 6.07) is 0. The second-order valence-corrected chi connectivity index (χ2v) is 4.15. The van der Waals surface area contributed by atoms with E-state index in [1.54, 1.807) is 6.08 Å². The lowest BCUT2D eigenvalue weighted by atomic mass is 9.91. The molecule has 3 nitrogen and oxygen atoms in total. The van der Waals surface area contributed by atoms with Crippen molar-refractivity contribution in [3.63, 3.8) is 0 Å². The SMILES string of the molecule is O=C1C=C(N2CCCC2)CCC1CO. The van der Waals surface area contributed by atoms with Crippen LogP contribution in [0.5, 0.6) is 0 Å². The molecule has 0 radical (unpaired) electrons. The molecule has 1 aliphatic heterocycles. The average molecular weight is 195 g/mol. The number of hydrogen-bond donors (Lipinski definition) is 1. The molecule has 1 atom stereocenters. The van der Waals surface area contributed by atoms with E-state index in [-0.39, 0.29) is 18.3 Å². The minimum absolute atomic E-state index is 0.00259. The molecule has 1 unspecified atom stereocenters. The summed E-state index contributed by atoms with van der Waals surface area (Å²) in [5.41, 5.74) is 1.19. The number of aliphatic hydroxyl groups is 1. The molecule has 3 heteroatoms. The van der Waals surface area contributed by atoms with Crippen molar-refractivity contribution in [2.75, 3.05) is 19.7 Å². The average Bonchev–Trinajstić information content (AvgIpc) is 2.70. The van der Waals surface area contributed by atoms with E-state index in [2.05, 4.69) is 4.90 Å². The highest BCUT2D eigenvalue weighted by molar-refractivity contribution is 5.93. The number of carbonyl (C=O) groups excluding carboxylic acids is 1. The van der Waals surface area contributed by atoms with Crippen LogP contribution in [0.25, 0.3) is 0 Å². The Morgan fingerprint density at radius 1 is 1.43 bits per heavy atom. The molecule has 0 saturated carbocycles. The van der Waals surface area contributed by atoms with E-state index in [0.29, 0.717) is 0 Å². The maximum absolute atomic E-state index is 11.5. The lowest BCUT2D eigenvalue weighted by molar-refractivity contribution is -0.120. The summed E-state index contributed by atoms with van der Waals surface area (Å²) in [5, 5.41) is 8.95. The van der Waals surface area contributed by atoms with Gasteiger partial charge in [-0.1, -0.05) is 0 Å². The van der Waals surface area contributed by atoms with Gasteiger partial charge in [0.05, 0.1) is 6.61 Å². The molecule has 0 aromatic heterocycles. The second kappa shape index (κ2) is 4.13. The Bertz CT molecular complexity index is 254. The highest BCUT2D eigenvalue weighted by Gasteiger charge is 2.25. The van der Waals surface area contributed by atoms with Crippen LogP contribution in [0.1, 0.15) is 25.7 Å². The second-order valence-electron chi connectivity index (χ2n) is 4.15. The van der Waals surface area contributed by atoms with Gasteiger partial charge >= 0.3 is 0 Å². The fraction of sp³-hybridized carbons (Fsp3) is 0.727. The van der Waals surface area contributed by atoms with Gasteiger partial charge in [0.1, 0.15) is 0 Å². The minimum Gasteiger partial charge on any atom is -0.396 e. The van der Waals surface area contributed by atoms with Crippen molar-refractivity contribution in [2.24, 2.45) is 5.92 Å². The van der Waals surface area contributed by atoms with Gasteiger partial charge in [0.2, 0.25) is 0 Å². The number of rotatable bonds is 2. The maximum atomic E-state index is 11.5. The molecule has 0 aromatic carbocycles. The van der Waals surface area contributed by atoms with Gasteiger partial charge in [0.15, 0.2) is 5.78 Å². The number of allylic oxidation sites excluding steroid dienone is 2. The molecule has 0 spiro atoms. The van der Waals surface area contributed by atoms with E-state index in [0.717, 1.165) is 25.9 Å². The standard InChI is InChI=1S/C11H17NO2/c13-8-9-3-4-10(7-11(9)14)12-5-1-2-6-12/h7,9,13H,1-6,8H2. The van der Waals surface area contributed by atoms with E-state index in [4.69, 9.17) is 5.11 Å². The monoisotopic (exact) mass is 195 g/mol. The number of aliphatic hydroxyl groups excluding tert-OH is 1. The van der Waals surface area contributed by atoms with Gasteiger partial charge in [-0.05, 0) is 25.7 Å². The lowest BCUT2D eigenvalue weighted by Gasteiger charge is -2.26. The molecule has 1 aliphatic carbocycles. The van der Waals surface area contributed by atoms with E-state index >= 15 is 0 Å². The van der Waals surface area contributed by atoms with Gasteiger partial charge in [-0.3, -0.25) is 4.79 Å². The zero-order valence-electron chi connectivity index (χ0n) is 8.41. The molecule has 2 rings (SSSR count). The van der Waals surface area contributed by atoms with E-state index in [9.17, 15) is 4.79 Å². The molecule has 1 N–H and O–H groups in total. The van der Waals surface area contributed by atoms with Crippen molar-refractivity contribution < 1.29 is 9.90 Å². The Kier molecular flexibility index (Phi) is 2.87. The molecule has 0 amide bonds. The Labute approximate surface area is 84.4 Å². The maximum Gasteiger partial charge on any atom is 0.162 e. The number of likely N-dealkylation sites (tertiary alicyclic amines) is 1.